The van der Waals surface area contributed by atoms with Crippen molar-refractivity contribution in [1.29, 1.82) is 0 Å². The van der Waals surface area contributed by atoms with E-state index in [0.717, 1.165) is 22.6 Å². The van der Waals surface area contributed by atoms with Crippen LogP contribution in [-0.2, 0) is 10.8 Å². The highest BCUT2D eigenvalue weighted by molar-refractivity contribution is 5.90. The summed E-state index contributed by atoms with van der Waals surface area (Å²) in [5.74, 6) is 0. The van der Waals surface area contributed by atoms with E-state index in [1.165, 1.54) is 72.3 Å². The molecule has 0 saturated heterocycles. The molecule has 0 saturated carbocycles. The second kappa shape index (κ2) is 15.4. The SMILES string of the molecule is CC1(C)c2cc(/C=C/c3ccccc3)ccc2-c2ccc(N(c3ccc(/C=C/c4ccccc4)cc3)c3ccc4c(c3)C(C)(C)c3cc(/C=C/c5ccccc5)ccc3-4)cc21. The summed E-state index contributed by atoms with van der Waals surface area (Å²) in [7, 11) is 0. The van der Waals surface area contributed by atoms with Crippen molar-refractivity contribution in [2.24, 2.45) is 0 Å². The van der Waals surface area contributed by atoms with Crippen LogP contribution in [0.3, 0.4) is 0 Å². The lowest BCUT2D eigenvalue weighted by molar-refractivity contribution is 0.660. The molecule has 2 aliphatic rings. The molecule has 0 radical (unpaired) electrons. The summed E-state index contributed by atoms with van der Waals surface area (Å²) in [6.07, 6.45) is 13.2. The van der Waals surface area contributed by atoms with Crippen LogP contribution >= 0.6 is 0 Å². The fraction of sp³-hybridized carbons (Fsp3) is 0.100. The van der Waals surface area contributed by atoms with Gasteiger partial charge in [-0.25, -0.2) is 0 Å². The van der Waals surface area contributed by atoms with E-state index >= 15 is 0 Å². The van der Waals surface area contributed by atoms with Crippen molar-refractivity contribution in [2.75, 3.05) is 4.90 Å². The van der Waals surface area contributed by atoms with Gasteiger partial charge in [-0.3, -0.25) is 0 Å². The Labute approximate surface area is 361 Å². The summed E-state index contributed by atoms with van der Waals surface area (Å²) in [5, 5.41) is 0. The quantitative estimate of drug-likeness (QED) is 0.132. The molecule has 1 heteroatoms. The first-order valence-corrected chi connectivity index (χ1v) is 21.4. The van der Waals surface area contributed by atoms with E-state index in [9.17, 15) is 0 Å². The predicted molar refractivity (Wildman–Crippen MR) is 262 cm³/mol. The normalized spacial score (nSPS) is 14.3. The highest BCUT2D eigenvalue weighted by atomic mass is 15.1. The van der Waals surface area contributed by atoms with Gasteiger partial charge in [0.1, 0.15) is 0 Å². The topological polar surface area (TPSA) is 3.24 Å². The second-order valence-corrected chi connectivity index (χ2v) is 17.5. The molecule has 2 aliphatic carbocycles. The molecule has 0 bridgehead atoms. The largest absolute Gasteiger partial charge is 0.310 e. The molecule has 0 amide bonds. The van der Waals surface area contributed by atoms with E-state index in [2.05, 4.69) is 257 Å². The Hall–Kier alpha value is -7.22. The summed E-state index contributed by atoms with van der Waals surface area (Å²) >= 11 is 0. The minimum atomic E-state index is -0.177. The molecule has 0 N–H and O–H groups in total. The van der Waals surface area contributed by atoms with Gasteiger partial charge in [-0.15, -0.1) is 0 Å². The highest BCUT2D eigenvalue weighted by Crippen LogP contribution is 2.53. The summed E-state index contributed by atoms with van der Waals surface area (Å²) < 4.78 is 0. The van der Waals surface area contributed by atoms with Crippen molar-refractivity contribution in [2.45, 2.75) is 38.5 Å². The average molecular weight is 784 g/mol. The van der Waals surface area contributed by atoms with E-state index in [0.29, 0.717) is 0 Å². The Bertz CT molecular complexity index is 2820. The van der Waals surface area contributed by atoms with Gasteiger partial charge in [-0.2, -0.15) is 0 Å². The van der Waals surface area contributed by atoms with Gasteiger partial charge < -0.3 is 4.90 Å². The molecular weight excluding hydrogens is 735 g/mol. The van der Waals surface area contributed by atoms with Crippen molar-refractivity contribution in [3.8, 4) is 22.3 Å². The number of hydrogen-bond donors (Lipinski definition) is 0. The first-order chi connectivity index (χ1) is 29.7. The fourth-order valence-electron chi connectivity index (χ4n) is 9.42. The van der Waals surface area contributed by atoms with Crippen LogP contribution < -0.4 is 4.90 Å². The molecular formula is C60H49N. The summed E-state index contributed by atoms with van der Waals surface area (Å²) in [6.45, 7) is 9.51. The van der Waals surface area contributed by atoms with Gasteiger partial charge in [0, 0.05) is 27.9 Å². The zero-order valence-corrected chi connectivity index (χ0v) is 35.3. The highest BCUT2D eigenvalue weighted by Gasteiger charge is 2.38. The number of benzene rings is 8. The number of hydrogen-bond acceptors (Lipinski definition) is 1. The minimum Gasteiger partial charge on any atom is -0.310 e. The fourth-order valence-corrected chi connectivity index (χ4v) is 9.42. The molecule has 0 unspecified atom stereocenters. The van der Waals surface area contributed by atoms with E-state index in [-0.39, 0.29) is 10.8 Å². The van der Waals surface area contributed by atoms with Crippen LogP contribution in [0.2, 0.25) is 0 Å². The third-order valence-electron chi connectivity index (χ3n) is 12.8. The lowest BCUT2D eigenvalue weighted by atomic mass is 9.81. The Balaban J connectivity index is 1.03. The number of nitrogens with zero attached hydrogens (tertiary/aromatic N) is 1. The number of anilines is 3. The molecule has 0 fully saturated rings. The monoisotopic (exact) mass is 783 g/mol. The Kier molecular flexibility index (Phi) is 9.61. The second-order valence-electron chi connectivity index (χ2n) is 17.5. The van der Waals surface area contributed by atoms with E-state index in [1.807, 2.05) is 0 Å². The van der Waals surface area contributed by atoms with Crippen LogP contribution in [0.1, 0.15) is 83.3 Å². The van der Waals surface area contributed by atoms with Gasteiger partial charge in [0.25, 0.3) is 0 Å². The van der Waals surface area contributed by atoms with Crippen molar-refractivity contribution in [1.82, 2.24) is 0 Å². The van der Waals surface area contributed by atoms with E-state index in [1.54, 1.807) is 0 Å². The van der Waals surface area contributed by atoms with Crippen molar-refractivity contribution in [3.63, 3.8) is 0 Å². The van der Waals surface area contributed by atoms with Gasteiger partial charge in [0.05, 0.1) is 0 Å². The van der Waals surface area contributed by atoms with Crippen LogP contribution in [0.25, 0.3) is 58.7 Å². The van der Waals surface area contributed by atoms with Gasteiger partial charge in [-0.1, -0.05) is 216 Å². The molecule has 8 aromatic rings. The average Bonchev–Trinajstić information content (AvgIpc) is 3.66. The van der Waals surface area contributed by atoms with Gasteiger partial charge >= 0.3 is 0 Å². The third kappa shape index (κ3) is 7.17. The molecule has 294 valence electrons. The van der Waals surface area contributed by atoms with Gasteiger partial charge in [0.2, 0.25) is 0 Å². The van der Waals surface area contributed by atoms with Crippen molar-refractivity contribution < 1.29 is 0 Å². The van der Waals surface area contributed by atoms with Crippen LogP contribution in [0, 0.1) is 0 Å². The Morgan fingerprint density at radius 2 is 0.557 bits per heavy atom. The maximum absolute atomic E-state index is 2.45. The zero-order chi connectivity index (χ0) is 41.6. The standard InChI is InChI=1S/C60H49N/c1-59(2)55-38-46(24-22-43-16-10-6-11-17-43)28-34-51(55)53-36-32-49(40-57(53)59)61(48-30-26-45(27-31-48)21-20-42-14-8-5-9-15-42)50-33-37-54-52-35-29-47(25-23-44-18-12-7-13-19-44)39-56(52)60(3,4)58(54)41-50/h5-41H,1-4H3/b21-20+,24-22+,25-23+. The lowest BCUT2D eigenvalue weighted by Crippen LogP contribution is -2.18. The summed E-state index contributed by atoms with van der Waals surface area (Å²) in [4.78, 5) is 2.45. The molecule has 0 spiro atoms. The Morgan fingerprint density at radius 1 is 0.279 bits per heavy atom. The first kappa shape index (κ1) is 38.0. The number of rotatable bonds is 9. The minimum absolute atomic E-state index is 0.177. The molecule has 0 heterocycles. The van der Waals surface area contributed by atoms with E-state index < -0.39 is 0 Å². The van der Waals surface area contributed by atoms with Crippen LogP contribution in [-0.4, -0.2) is 0 Å². The van der Waals surface area contributed by atoms with Crippen LogP contribution in [0.15, 0.2) is 188 Å². The summed E-state index contributed by atoms with van der Waals surface area (Å²) in [6, 6.07) is 68.7. The molecule has 0 aliphatic heterocycles. The number of fused-ring (bicyclic) bond motifs is 6. The molecule has 10 rings (SSSR count). The first-order valence-electron chi connectivity index (χ1n) is 21.4. The van der Waals surface area contributed by atoms with Gasteiger partial charge in [0.15, 0.2) is 0 Å². The maximum Gasteiger partial charge on any atom is 0.0465 e. The molecule has 61 heavy (non-hydrogen) atoms. The zero-order valence-electron chi connectivity index (χ0n) is 35.3. The van der Waals surface area contributed by atoms with Crippen molar-refractivity contribution >= 4 is 53.5 Å². The molecule has 0 atom stereocenters. The maximum atomic E-state index is 2.45. The predicted octanol–water partition coefficient (Wildman–Crippen LogP) is 16.3. The lowest BCUT2D eigenvalue weighted by Gasteiger charge is -2.30. The van der Waals surface area contributed by atoms with E-state index in [4.69, 9.17) is 0 Å². The molecule has 8 aromatic carbocycles. The molecule has 1 nitrogen and oxygen atoms in total. The van der Waals surface area contributed by atoms with Gasteiger partial charge in [-0.05, 0) is 114 Å². The molecule has 0 aromatic heterocycles. The van der Waals surface area contributed by atoms with Crippen molar-refractivity contribution in [3.05, 3.63) is 244 Å². The van der Waals surface area contributed by atoms with Crippen LogP contribution in [0.5, 0.6) is 0 Å². The smallest absolute Gasteiger partial charge is 0.0465 e. The van der Waals surface area contributed by atoms with Crippen LogP contribution in [0.4, 0.5) is 17.1 Å². The third-order valence-corrected chi connectivity index (χ3v) is 12.8. The summed E-state index contributed by atoms with van der Waals surface area (Å²) in [5.41, 5.74) is 21.0. The Morgan fingerprint density at radius 3 is 0.934 bits per heavy atom.